The lowest BCUT2D eigenvalue weighted by Crippen LogP contribution is -2.32. The van der Waals surface area contributed by atoms with Crippen molar-refractivity contribution in [1.29, 1.82) is 0 Å². The molecule has 0 radical (unpaired) electrons. The van der Waals surface area contributed by atoms with Gasteiger partial charge in [-0.3, -0.25) is 0 Å². The van der Waals surface area contributed by atoms with Crippen molar-refractivity contribution in [2.24, 2.45) is 5.92 Å². The van der Waals surface area contributed by atoms with Crippen molar-refractivity contribution < 1.29 is 4.74 Å². The molecule has 2 rings (SSSR count). The Hall–Kier alpha value is -1.63. The highest BCUT2D eigenvalue weighted by atomic mass is 16.5. The van der Waals surface area contributed by atoms with E-state index in [4.69, 9.17) is 4.74 Å². The Labute approximate surface area is 126 Å². The SMILES string of the molecule is CNc1nc(NC(COC)C(C)C)nc(N2CCCC2)n1. The van der Waals surface area contributed by atoms with Crippen LogP contribution in [0.25, 0.3) is 0 Å². The highest BCUT2D eigenvalue weighted by Gasteiger charge is 2.19. The molecule has 1 saturated heterocycles. The van der Waals surface area contributed by atoms with Crippen LogP contribution in [-0.4, -0.2) is 54.8 Å². The van der Waals surface area contributed by atoms with E-state index in [1.807, 2.05) is 7.05 Å². The molecule has 0 aromatic carbocycles. The zero-order chi connectivity index (χ0) is 15.2. The zero-order valence-electron chi connectivity index (χ0n) is 13.4. The molecular formula is C14H26N6O. The van der Waals surface area contributed by atoms with Crippen molar-refractivity contribution >= 4 is 17.8 Å². The molecule has 1 aliphatic rings. The van der Waals surface area contributed by atoms with Gasteiger partial charge in [-0.05, 0) is 18.8 Å². The summed E-state index contributed by atoms with van der Waals surface area (Å²) < 4.78 is 5.26. The molecule has 1 fully saturated rings. The minimum Gasteiger partial charge on any atom is -0.383 e. The molecule has 0 amide bonds. The average Bonchev–Trinajstić information content (AvgIpc) is 3.00. The van der Waals surface area contributed by atoms with Crippen LogP contribution in [0.1, 0.15) is 26.7 Å². The van der Waals surface area contributed by atoms with Gasteiger partial charge in [-0.15, -0.1) is 0 Å². The molecule has 2 N–H and O–H groups in total. The molecule has 118 valence electrons. The summed E-state index contributed by atoms with van der Waals surface area (Å²) in [6, 6.07) is 0.175. The Bertz CT molecular complexity index is 447. The normalized spacial score (nSPS) is 16.3. The third-order valence-electron chi connectivity index (χ3n) is 3.70. The van der Waals surface area contributed by atoms with Crippen molar-refractivity contribution in [3.05, 3.63) is 0 Å². The van der Waals surface area contributed by atoms with E-state index in [9.17, 15) is 0 Å². The van der Waals surface area contributed by atoms with Gasteiger partial charge in [-0.2, -0.15) is 15.0 Å². The highest BCUT2D eigenvalue weighted by Crippen LogP contribution is 2.19. The molecule has 1 aliphatic heterocycles. The topological polar surface area (TPSA) is 75.2 Å². The number of aromatic nitrogens is 3. The summed E-state index contributed by atoms with van der Waals surface area (Å²) in [4.78, 5) is 15.6. The molecule has 1 unspecified atom stereocenters. The van der Waals surface area contributed by atoms with Gasteiger partial charge < -0.3 is 20.3 Å². The van der Waals surface area contributed by atoms with Gasteiger partial charge in [0.25, 0.3) is 0 Å². The van der Waals surface area contributed by atoms with Gasteiger partial charge in [-0.25, -0.2) is 0 Å². The van der Waals surface area contributed by atoms with Gasteiger partial charge in [0.15, 0.2) is 0 Å². The number of nitrogens with zero attached hydrogens (tertiary/aromatic N) is 4. The van der Waals surface area contributed by atoms with Crippen LogP contribution in [0.3, 0.4) is 0 Å². The molecule has 0 saturated carbocycles. The molecule has 1 aromatic heterocycles. The Balaban J connectivity index is 2.19. The third kappa shape index (κ3) is 4.17. The van der Waals surface area contributed by atoms with Crippen molar-refractivity contribution in [2.45, 2.75) is 32.7 Å². The van der Waals surface area contributed by atoms with E-state index >= 15 is 0 Å². The first-order chi connectivity index (χ1) is 10.1. The lowest BCUT2D eigenvalue weighted by Gasteiger charge is -2.23. The van der Waals surface area contributed by atoms with Crippen molar-refractivity contribution in [2.75, 3.05) is 49.4 Å². The Morgan fingerprint density at radius 2 is 1.81 bits per heavy atom. The number of methoxy groups -OCH3 is 1. The summed E-state index contributed by atoms with van der Waals surface area (Å²) in [6.45, 7) is 6.95. The van der Waals surface area contributed by atoms with E-state index in [1.165, 1.54) is 12.8 Å². The molecule has 7 heteroatoms. The van der Waals surface area contributed by atoms with Crippen molar-refractivity contribution in [3.63, 3.8) is 0 Å². The molecule has 0 spiro atoms. The minimum atomic E-state index is 0.175. The van der Waals surface area contributed by atoms with Gasteiger partial charge in [0.05, 0.1) is 12.6 Å². The first-order valence-corrected chi connectivity index (χ1v) is 7.58. The maximum absolute atomic E-state index is 5.26. The number of hydrogen-bond donors (Lipinski definition) is 2. The second kappa shape index (κ2) is 7.40. The fourth-order valence-corrected chi connectivity index (χ4v) is 2.35. The second-order valence-corrected chi connectivity index (χ2v) is 5.68. The fourth-order valence-electron chi connectivity index (χ4n) is 2.35. The third-order valence-corrected chi connectivity index (χ3v) is 3.70. The quantitative estimate of drug-likeness (QED) is 0.791. The number of rotatable bonds is 7. The molecular weight excluding hydrogens is 268 g/mol. The van der Waals surface area contributed by atoms with Crippen LogP contribution in [0.15, 0.2) is 0 Å². The van der Waals surface area contributed by atoms with E-state index in [0.29, 0.717) is 24.4 Å². The maximum Gasteiger partial charge on any atom is 0.231 e. The zero-order valence-corrected chi connectivity index (χ0v) is 13.4. The van der Waals surface area contributed by atoms with Gasteiger partial charge in [0, 0.05) is 27.2 Å². The lowest BCUT2D eigenvalue weighted by atomic mass is 10.1. The first kappa shape index (κ1) is 15.8. The number of nitrogens with one attached hydrogen (secondary N) is 2. The van der Waals surface area contributed by atoms with E-state index in [0.717, 1.165) is 19.0 Å². The largest absolute Gasteiger partial charge is 0.383 e. The van der Waals surface area contributed by atoms with Gasteiger partial charge in [0.2, 0.25) is 17.8 Å². The molecule has 1 atom stereocenters. The summed E-state index contributed by atoms with van der Waals surface area (Å²) >= 11 is 0. The summed E-state index contributed by atoms with van der Waals surface area (Å²) in [6.07, 6.45) is 2.39. The van der Waals surface area contributed by atoms with Gasteiger partial charge >= 0.3 is 0 Å². The number of anilines is 3. The summed E-state index contributed by atoms with van der Waals surface area (Å²) in [5.41, 5.74) is 0. The summed E-state index contributed by atoms with van der Waals surface area (Å²) in [7, 11) is 3.53. The van der Waals surface area contributed by atoms with Crippen LogP contribution in [0.5, 0.6) is 0 Å². The maximum atomic E-state index is 5.26. The lowest BCUT2D eigenvalue weighted by molar-refractivity contribution is 0.171. The number of ether oxygens (including phenoxy) is 1. The minimum absolute atomic E-state index is 0.175. The van der Waals surface area contributed by atoms with Crippen LogP contribution in [-0.2, 0) is 4.74 Å². The van der Waals surface area contributed by atoms with Crippen LogP contribution >= 0.6 is 0 Å². The van der Waals surface area contributed by atoms with Gasteiger partial charge in [-0.1, -0.05) is 13.8 Å². The molecule has 0 bridgehead atoms. The first-order valence-electron chi connectivity index (χ1n) is 7.58. The Kier molecular flexibility index (Phi) is 5.55. The monoisotopic (exact) mass is 294 g/mol. The molecule has 7 nitrogen and oxygen atoms in total. The van der Waals surface area contributed by atoms with E-state index in [1.54, 1.807) is 7.11 Å². The van der Waals surface area contributed by atoms with Crippen molar-refractivity contribution in [3.8, 4) is 0 Å². The van der Waals surface area contributed by atoms with E-state index < -0.39 is 0 Å². The summed E-state index contributed by atoms with van der Waals surface area (Å²) in [5, 5.41) is 6.37. The molecule has 1 aromatic rings. The Morgan fingerprint density at radius 1 is 1.14 bits per heavy atom. The standard InChI is InChI=1S/C14H26N6O/c1-10(2)11(9-21-4)16-13-17-12(15-3)18-14(19-13)20-7-5-6-8-20/h10-11H,5-9H2,1-4H3,(H2,15,16,17,18,19). The molecule has 21 heavy (non-hydrogen) atoms. The van der Waals surface area contributed by atoms with Crippen LogP contribution in [0.2, 0.25) is 0 Å². The molecule has 0 aliphatic carbocycles. The van der Waals surface area contributed by atoms with Crippen LogP contribution in [0.4, 0.5) is 17.8 Å². The molecule has 2 heterocycles. The van der Waals surface area contributed by atoms with Crippen molar-refractivity contribution in [1.82, 2.24) is 15.0 Å². The predicted octanol–water partition coefficient (Wildman–Crippen LogP) is 1.60. The van der Waals surface area contributed by atoms with Gasteiger partial charge in [0.1, 0.15) is 0 Å². The second-order valence-electron chi connectivity index (χ2n) is 5.68. The predicted molar refractivity (Wildman–Crippen MR) is 84.9 cm³/mol. The smallest absolute Gasteiger partial charge is 0.231 e. The fraction of sp³-hybridized carbons (Fsp3) is 0.786. The average molecular weight is 294 g/mol. The van der Waals surface area contributed by atoms with E-state index in [-0.39, 0.29) is 6.04 Å². The Morgan fingerprint density at radius 3 is 2.38 bits per heavy atom. The highest BCUT2D eigenvalue weighted by molar-refractivity contribution is 5.44. The van der Waals surface area contributed by atoms with Crippen LogP contribution in [0, 0.1) is 5.92 Å². The van der Waals surface area contributed by atoms with E-state index in [2.05, 4.69) is 44.3 Å². The van der Waals surface area contributed by atoms with Crippen LogP contribution < -0.4 is 15.5 Å². The number of hydrogen-bond acceptors (Lipinski definition) is 7. The summed E-state index contributed by atoms with van der Waals surface area (Å²) in [5.74, 6) is 2.37.